The van der Waals surface area contributed by atoms with Crippen LogP contribution < -0.4 is 9.47 Å². The standard InChI is InChI=1S/C20H24O3/c1-3-4-5-8-15-22-18-13-11-17(12-14-18)20(21)23-19-10-7-6-9-16(19)2/h6-7,9-14H,3-5,8,15H2,1-2H3. The first kappa shape index (κ1) is 17.1. The van der Waals surface area contributed by atoms with Crippen molar-refractivity contribution in [3.8, 4) is 11.5 Å². The summed E-state index contributed by atoms with van der Waals surface area (Å²) in [5.41, 5.74) is 1.46. The van der Waals surface area contributed by atoms with Crippen LogP contribution in [0.2, 0.25) is 0 Å². The molecule has 122 valence electrons. The zero-order chi connectivity index (χ0) is 16.5. The zero-order valence-corrected chi connectivity index (χ0v) is 13.9. The largest absolute Gasteiger partial charge is 0.494 e. The second-order valence-corrected chi connectivity index (χ2v) is 5.59. The van der Waals surface area contributed by atoms with E-state index in [1.165, 1.54) is 19.3 Å². The van der Waals surface area contributed by atoms with Gasteiger partial charge in [-0.15, -0.1) is 0 Å². The number of unbranched alkanes of at least 4 members (excludes halogenated alkanes) is 3. The Bertz CT molecular complexity index is 617. The van der Waals surface area contributed by atoms with Crippen molar-refractivity contribution in [2.45, 2.75) is 39.5 Å². The minimum Gasteiger partial charge on any atom is -0.494 e. The summed E-state index contributed by atoms with van der Waals surface area (Å²) in [5, 5.41) is 0. The van der Waals surface area contributed by atoms with E-state index >= 15 is 0 Å². The lowest BCUT2D eigenvalue weighted by molar-refractivity contribution is 0.0733. The first-order valence-electron chi connectivity index (χ1n) is 8.21. The van der Waals surface area contributed by atoms with Gasteiger partial charge in [0, 0.05) is 0 Å². The SMILES string of the molecule is CCCCCCOc1ccc(C(=O)Oc2ccccc2C)cc1. The highest BCUT2D eigenvalue weighted by atomic mass is 16.5. The second kappa shape index (κ2) is 8.99. The van der Waals surface area contributed by atoms with E-state index in [2.05, 4.69) is 6.92 Å². The molecule has 0 aromatic heterocycles. The summed E-state index contributed by atoms with van der Waals surface area (Å²) < 4.78 is 11.1. The van der Waals surface area contributed by atoms with Gasteiger partial charge < -0.3 is 9.47 Å². The maximum atomic E-state index is 12.1. The number of carbonyl (C=O) groups excluding carboxylic acids is 1. The summed E-state index contributed by atoms with van der Waals surface area (Å²) in [6.45, 7) is 4.82. The van der Waals surface area contributed by atoms with Crippen molar-refractivity contribution < 1.29 is 14.3 Å². The molecular formula is C20H24O3. The van der Waals surface area contributed by atoms with Gasteiger partial charge in [0.15, 0.2) is 0 Å². The number of hydrogen-bond acceptors (Lipinski definition) is 3. The highest BCUT2D eigenvalue weighted by Gasteiger charge is 2.10. The molecule has 0 heterocycles. The molecule has 0 fully saturated rings. The number of ether oxygens (including phenoxy) is 2. The topological polar surface area (TPSA) is 35.5 Å². The minimum atomic E-state index is -0.353. The molecule has 0 amide bonds. The third kappa shape index (κ3) is 5.44. The van der Waals surface area contributed by atoms with Crippen LogP contribution in [0.4, 0.5) is 0 Å². The average molecular weight is 312 g/mol. The summed E-state index contributed by atoms with van der Waals surface area (Å²) >= 11 is 0. The summed E-state index contributed by atoms with van der Waals surface area (Å²) in [5.74, 6) is 1.02. The fraction of sp³-hybridized carbons (Fsp3) is 0.350. The van der Waals surface area contributed by atoms with E-state index < -0.39 is 0 Å². The molecule has 0 N–H and O–H groups in total. The van der Waals surface area contributed by atoms with Crippen LogP contribution in [0.5, 0.6) is 11.5 Å². The molecule has 0 saturated heterocycles. The Kier molecular flexibility index (Phi) is 6.67. The number of rotatable bonds is 8. The molecule has 0 atom stereocenters. The van der Waals surface area contributed by atoms with Crippen LogP contribution in [0.25, 0.3) is 0 Å². The molecule has 0 unspecified atom stereocenters. The van der Waals surface area contributed by atoms with Crippen LogP contribution in [0.3, 0.4) is 0 Å². The van der Waals surface area contributed by atoms with Gasteiger partial charge in [-0.3, -0.25) is 0 Å². The van der Waals surface area contributed by atoms with Crippen molar-refractivity contribution in [1.82, 2.24) is 0 Å². The second-order valence-electron chi connectivity index (χ2n) is 5.59. The molecule has 0 radical (unpaired) electrons. The van der Waals surface area contributed by atoms with E-state index in [4.69, 9.17) is 9.47 Å². The van der Waals surface area contributed by atoms with Crippen LogP contribution in [-0.4, -0.2) is 12.6 Å². The van der Waals surface area contributed by atoms with E-state index in [9.17, 15) is 4.79 Å². The fourth-order valence-corrected chi connectivity index (χ4v) is 2.24. The van der Waals surface area contributed by atoms with Gasteiger partial charge in [0.1, 0.15) is 11.5 Å². The van der Waals surface area contributed by atoms with E-state index in [0.717, 1.165) is 17.7 Å². The predicted molar refractivity (Wildman–Crippen MR) is 92.2 cm³/mol. The molecule has 0 aliphatic carbocycles. The maximum Gasteiger partial charge on any atom is 0.343 e. The Morgan fingerprint density at radius 2 is 1.70 bits per heavy atom. The Labute approximate surface area is 138 Å². The van der Waals surface area contributed by atoms with E-state index in [-0.39, 0.29) is 5.97 Å². The Balaban J connectivity index is 1.86. The molecular weight excluding hydrogens is 288 g/mol. The molecule has 2 aromatic rings. The average Bonchev–Trinajstić information content (AvgIpc) is 2.57. The first-order valence-corrected chi connectivity index (χ1v) is 8.21. The quantitative estimate of drug-likeness (QED) is 0.383. The lowest BCUT2D eigenvalue weighted by Gasteiger charge is -2.08. The first-order chi connectivity index (χ1) is 11.2. The summed E-state index contributed by atoms with van der Waals surface area (Å²) in [7, 11) is 0. The van der Waals surface area contributed by atoms with E-state index in [1.807, 2.05) is 37.3 Å². The monoisotopic (exact) mass is 312 g/mol. The molecule has 0 bridgehead atoms. The summed E-state index contributed by atoms with van der Waals surface area (Å²) in [6, 6.07) is 14.6. The van der Waals surface area contributed by atoms with Gasteiger partial charge in [-0.2, -0.15) is 0 Å². The van der Waals surface area contributed by atoms with E-state index in [1.54, 1.807) is 18.2 Å². The molecule has 23 heavy (non-hydrogen) atoms. The third-order valence-electron chi connectivity index (χ3n) is 3.65. The smallest absolute Gasteiger partial charge is 0.343 e. The van der Waals surface area contributed by atoms with Crippen molar-refractivity contribution in [3.05, 3.63) is 59.7 Å². The van der Waals surface area contributed by atoms with Gasteiger partial charge in [-0.1, -0.05) is 44.4 Å². The molecule has 0 saturated carbocycles. The van der Waals surface area contributed by atoms with Crippen LogP contribution in [-0.2, 0) is 0 Å². The molecule has 0 aliphatic heterocycles. The molecule has 0 spiro atoms. The van der Waals surface area contributed by atoms with Gasteiger partial charge in [0.2, 0.25) is 0 Å². The van der Waals surface area contributed by atoms with Crippen molar-refractivity contribution in [3.63, 3.8) is 0 Å². The maximum absolute atomic E-state index is 12.1. The number of carbonyl (C=O) groups is 1. The highest BCUT2D eigenvalue weighted by Crippen LogP contribution is 2.19. The molecule has 2 rings (SSSR count). The van der Waals surface area contributed by atoms with Crippen molar-refractivity contribution in [1.29, 1.82) is 0 Å². The van der Waals surface area contributed by atoms with Crippen molar-refractivity contribution >= 4 is 5.97 Å². The Morgan fingerprint density at radius 3 is 2.39 bits per heavy atom. The number of hydrogen-bond donors (Lipinski definition) is 0. The highest BCUT2D eigenvalue weighted by molar-refractivity contribution is 5.91. The molecule has 0 aliphatic rings. The Morgan fingerprint density at radius 1 is 0.957 bits per heavy atom. The van der Waals surface area contributed by atoms with Crippen LogP contribution >= 0.6 is 0 Å². The lowest BCUT2D eigenvalue weighted by atomic mass is 10.2. The lowest BCUT2D eigenvalue weighted by Crippen LogP contribution is -2.09. The van der Waals surface area contributed by atoms with Gasteiger partial charge in [0.05, 0.1) is 12.2 Å². The van der Waals surface area contributed by atoms with Gasteiger partial charge in [-0.05, 0) is 49.2 Å². The van der Waals surface area contributed by atoms with Crippen LogP contribution in [0.1, 0.15) is 48.5 Å². The minimum absolute atomic E-state index is 0.353. The van der Waals surface area contributed by atoms with Crippen LogP contribution in [0.15, 0.2) is 48.5 Å². The van der Waals surface area contributed by atoms with E-state index in [0.29, 0.717) is 17.9 Å². The van der Waals surface area contributed by atoms with Crippen molar-refractivity contribution in [2.24, 2.45) is 0 Å². The Hall–Kier alpha value is -2.29. The summed E-state index contributed by atoms with van der Waals surface area (Å²) in [4.78, 5) is 12.1. The normalized spacial score (nSPS) is 10.3. The van der Waals surface area contributed by atoms with Gasteiger partial charge in [-0.25, -0.2) is 4.79 Å². The third-order valence-corrected chi connectivity index (χ3v) is 3.65. The molecule has 3 nitrogen and oxygen atoms in total. The van der Waals surface area contributed by atoms with Gasteiger partial charge >= 0.3 is 5.97 Å². The zero-order valence-electron chi connectivity index (χ0n) is 13.9. The molecule has 3 heteroatoms. The number of esters is 1. The predicted octanol–water partition coefficient (Wildman–Crippen LogP) is 5.17. The van der Waals surface area contributed by atoms with Crippen LogP contribution in [0, 0.1) is 6.92 Å². The number of aryl methyl sites for hydroxylation is 1. The number of benzene rings is 2. The summed E-state index contributed by atoms with van der Waals surface area (Å²) in [6.07, 6.45) is 4.72. The molecule has 2 aromatic carbocycles. The van der Waals surface area contributed by atoms with Gasteiger partial charge in [0.25, 0.3) is 0 Å². The van der Waals surface area contributed by atoms with Crippen molar-refractivity contribution in [2.75, 3.05) is 6.61 Å². The fourth-order valence-electron chi connectivity index (χ4n) is 2.24. The number of para-hydroxylation sites is 1.